The lowest BCUT2D eigenvalue weighted by atomic mass is 9.99. The van der Waals surface area contributed by atoms with Crippen molar-refractivity contribution in [1.82, 2.24) is 9.47 Å². The number of hydrogen-bond acceptors (Lipinski definition) is 2. The topological polar surface area (TPSA) is 62.5 Å². The predicted octanol–water partition coefficient (Wildman–Crippen LogP) is 3.49. The number of hydrogen-bond donors (Lipinski definition) is 1. The molecule has 1 unspecified atom stereocenters. The van der Waals surface area contributed by atoms with E-state index in [0.29, 0.717) is 18.5 Å². The fraction of sp³-hybridized carbons (Fsp3) is 0.273. The van der Waals surface area contributed by atoms with Gasteiger partial charge in [0.25, 0.3) is 5.91 Å². The molecule has 0 fully saturated rings. The molecule has 3 aromatic rings. The lowest BCUT2D eigenvalue weighted by molar-refractivity contribution is -0.136. The highest BCUT2D eigenvalue weighted by molar-refractivity contribution is 5.94. The van der Waals surface area contributed by atoms with Crippen LogP contribution in [0.4, 0.5) is 4.39 Å². The van der Waals surface area contributed by atoms with Crippen molar-refractivity contribution in [3.8, 4) is 0 Å². The number of carboxylic acids is 1. The minimum Gasteiger partial charge on any atom is -0.481 e. The molecule has 1 atom stereocenters. The highest BCUT2D eigenvalue weighted by Crippen LogP contribution is 2.32. The molecule has 0 radical (unpaired) electrons. The number of para-hydroxylation sites is 1. The Labute approximate surface area is 162 Å². The number of carboxylic acid groups (broad SMARTS) is 1. The molecular weight excluding hydrogens is 359 g/mol. The third-order valence-electron chi connectivity index (χ3n) is 5.59. The Kier molecular flexibility index (Phi) is 4.63. The number of amides is 1. The first-order valence-corrected chi connectivity index (χ1v) is 9.29. The van der Waals surface area contributed by atoms with Crippen molar-refractivity contribution in [2.75, 3.05) is 7.05 Å². The Morgan fingerprint density at radius 3 is 2.61 bits per heavy atom. The van der Waals surface area contributed by atoms with E-state index in [9.17, 15) is 19.1 Å². The van der Waals surface area contributed by atoms with Gasteiger partial charge >= 0.3 is 5.97 Å². The van der Waals surface area contributed by atoms with Gasteiger partial charge in [-0.3, -0.25) is 9.59 Å². The summed E-state index contributed by atoms with van der Waals surface area (Å²) >= 11 is 0. The molecule has 1 aliphatic heterocycles. The molecule has 2 aromatic carbocycles. The molecule has 0 saturated carbocycles. The van der Waals surface area contributed by atoms with Crippen molar-refractivity contribution < 1.29 is 19.1 Å². The SMILES string of the molecule is CN(C(=O)c1ccc(F)cc1)C1CCc2c(CC(=O)O)c3ccccc3n2C1. The van der Waals surface area contributed by atoms with Gasteiger partial charge in [-0.2, -0.15) is 0 Å². The second-order valence-electron chi connectivity index (χ2n) is 7.24. The molecule has 2 heterocycles. The van der Waals surface area contributed by atoms with Crippen molar-refractivity contribution in [1.29, 1.82) is 0 Å². The lowest BCUT2D eigenvalue weighted by Crippen LogP contribution is -2.42. The van der Waals surface area contributed by atoms with Crippen molar-refractivity contribution in [3.63, 3.8) is 0 Å². The predicted molar refractivity (Wildman–Crippen MR) is 104 cm³/mol. The van der Waals surface area contributed by atoms with E-state index in [2.05, 4.69) is 4.57 Å². The molecule has 5 nitrogen and oxygen atoms in total. The van der Waals surface area contributed by atoms with Gasteiger partial charge in [-0.1, -0.05) is 18.2 Å². The summed E-state index contributed by atoms with van der Waals surface area (Å²) in [5.74, 6) is -1.35. The minimum atomic E-state index is -0.843. The first-order chi connectivity index (χ1) is 13.5. The van der Waals surface area contributed by atoms with E-state index >= 15 is 0 Å². The molecular formula is C22H21FN2O3. The molecule has 0 bridgehead atoms. The van der Waals surface area contributed by atoms with Gasteiger partial charge in [0.15, 0.2) is 0 Å². The average Bonchev–Trinajstić information content (AvgIpc) is 3.00. The van der Waals surface area contributed by atoms with E-state index in [1.807, 2.05) is 24.3 Å². The zero-order valence-corrected chi connectivity index (χ0v) is 15.6. The van der Waals surface area contributed by atoms with Crippen LogP contribution in [0.3, 0.4) is 0 Å². The zero-order chi connectivity index (χ0) is 19.8. The second-order valence-corrected chi connectivity index (χ2v) is 7.24. The van der Waals surface area contributed by atoms with Gasteiger partial charge in [-0.25, -0.2) is 4.39 Å². The number of halogens is 1. The third kappa shape index (κ3) is 3.15. The Bertz CT molecular complexity index is 1060. The third-order valence-corrected chi connectivity index (χ3v) is 5.59. The fourth-order valence-corrected chi connectivity index (χ4v) is 4.15. The van der Waals surface area contributed by atoms with E-state index in [0.717, 1.165) is 28.6 Å². The number of likely N-dealkylation sites (N-methyl/N-ethyl adjacent to an activating group) is 1. The largest absolute Gasteiger partial charge is 0.481 e. The van der Waals surface area contributed by atoms with E-state index in [4.69, 9.17) is 0 Å². The van der Waals surface area contributed by atoms with Crippen LogP contribution in [0, 0.1) is 5.82 Å². The molecule has 0 saturated heterocycles. The quantitative estimate of drug-likeness (QED) is 0.754. The summed E-state index contributed by atoms with van der Waals surface area (Å²) in [6.45, 7) is 0.610. The molecule has 0 aliphatic carbocycles. The van der Waals surface area contributed by atoms with Gasteiger partial charge in [0, 0.05) is 41.8 Å². The van der Waals surface area contributed by atoms with Crippen LogP contribution in [-0.4, -0.2) is 39.5 Å². The molecule has 28 heavy (non-hydrogen) atoms. The number of carbonyl (C=O) groups excluding carboxylic acids is 1. The molecule has 1 amide bonds. The highest BCUT2D eigenvalue weighted by Gasteiger charge is 2.29. The summed E-state index contributed by atoms with van der Waals surface area (Å²) in [6, 6.07) is 13.4. The van der Waals surface area contributed by atoms with Gasteiger partial charge in [0.2, 0.25) is 0 Å². The van der Waals surface area contributed by atoms with Crippen LogP contribution in [-0.2, 0) is 24.2 Å². The van der Waals surface area contributed by atoms with Crippen molar-refractivity contribution in [2.45, 2.75) is 31.8 Å². The average molecular weight is 380 g/mol. The molecule has 6 heteroatoms. The number of fused-ring (bicyclic) bond motifs is 3. The zero-order valence-electron chi connectivity index (χ0n) is 15.6. The van der Waals surface area contributed by atoms with Gasteiger partial charge in [-0.15, -0.1) is 0 Å². The maximum atomic E-state index is 13.1. The van der Waals surface area contributed by atoms with Crippen LogP contribution in [0.5, 0.6) is 0 Å². The Hall–Kier alpha value is -3.15. The Morgan fingerprint density at radius 2 is 1.89 bits per heavy atom. The minimum absolute atomic E-state index is 0.00212. The van der Waals surface area contributed by atoms with Crippen molar-refractivity contribution in [2.24, 2.45) is 0 Å². The second kappa shape index (κ2) is 7.11. The summed E-state index contributed by atoms with van der Waals surface area (Å²) in [7, 11) is 1.77. The summed E-state index contributed by atoms with van der Waals surface area (Å²) in [5.41, 5.74) is 3.37. The first kappa shape index (κ1) is 18.2. The van der Waals surface area contributed by atoms with E-state index in [-0.39, 0.29) is 24.2 Å². The summed E-state index contributed by atoms with van der Waals surface area (Å²) in [4.78, 5) is 25.9. The summed E-state index contributed by atoms with van der Waals surface area (Å²) < 4.78 is 15.3. The van der Waals surface area contributed by atoms with Crippen molar-refractivity contribution >= 4 is 22.8 Å². The molecule has 0 spiro atoms. The van der Waals surface area contributed by atoms with Gasteiger partial charge in [0.1, 0.15) is 5.82 Å². The van der Waals surface area contributed by atoms with Crippen LogP contribution in [0.1, 0.15) is 28.0 Å². The maximum absolute atomic E-state index is 13.1. The number of carbonyl (C=O) groups is 2. The van der Waals surface area contributed by atoms with Crippen molar-refractivity contribution in [3.05, 3.63) is 71.2 Å². The molecule has 1 N–H and O–H groups in total. The summed E-state index contributed by atoms with van der Waals surface area (Å²) in [6.07, 6.45) is 1.47. The van der Waals surface area contributed by atoms with Crippen LogP contribution in [0.2, 0.25) is 0 Å². The van der Waals surface area contributed by atoms with E-state index in [1.54, 1.807) is 11.9 Å². The van der Waals surface area contributed by atoms with Crippen LogP contribution < -0.4 is 0 Å². The lowest BCUT2D eigenvalue weighted by Gasteiger charge is -2.33. The number of nitrogens with zero attached hydrogens (tertiary/aromatic N) is 2. The normalized spacial score (nSPS) is 16.0. The Morgan fingerprint density at radius 1 is 1.18 bits per heavy atom. The number of benzene rings is 2. The molecule has 4 rings (SSSR count). The van der Waals surface area contributed by atoms with Crippen LogP contribution in [0.25, 0.3) is 10.9 Å². The standard InChI is InChI=1S/C22H21FN2O3/c1-24(22(28)14-6-8-15(23)9-7-14)16-10-11-20-18(12-21(26)27)17-4-2-3-5-19(17)25(20)13-16/h2-9,16H,10-13H2,1H3,(H,26,27). The fourth-order valence-electron chi connectivity index (χ4n) is 4.15. The van der Waals surface area contributed by atoms with Crippen LogP contribution >= 0.6 is 0 Å². The monoisotopic (exact) mass is 380 g/mol. The highest BCUT2D eigenvalue weighted by atomic mass is 19.1. The molecule has 1 aliphatic rings. The maximum Gasteiger partial charge on any atom is 0.307 e. The van der Waals surface area contributed by atoms with E-state index in [1.165, 1.54) is 24.3 Å². The van der Waals surface area contributed by atoms with Gasteiger partial charge < -0.3 is 14.6 Å². The number of rotatable bonds is 4. The summed E-state index contributed by atoms with van der Waals surface area (Å²) in [5, 5.41) is 10.3. The molecule has 1 aromatic heterocycles. The number of aliphatic carboxylic acids is 1. The Balaban J connectivity index is 1.65. The van der Waals surface area contributed by atoms with Gasteiger partial charge in [0.05, 0.1) is 6.42 Å². The molecule has 144 valence electrons. The first-order valence-electron chi connectivity index (χ1n) is 9.29. The smallest absolute Gasteiger partial charge is 0.307 e. The van der Waals surface area contributed by atoms with E-state index < -0.39 is 5.97 Å². The van der Waals surface area contributed by atoms with Crippen LogP contribution in [0.15, 0.2) is 48.5 Å². The number of aromatic nitrogens is 1. The van der Waals surface area contributed by atoms with Gasteiger partial charge in [-0.05, 0) is 48.7 Å².